The molecule has 0 spiro atoms. The van der Waals surface area contributed by atoms with Crippen molar-refractivity contribution in [2.24, 2.45) is 0 Å². The Bertz CT molecular complexity index is 960. The van der Waals surface area contributed by atoms with Gasteiger partial charge in [-0.1, -0.05) is 48.7 Å². The zero-order valence-electron chi connectivity index (χ0n) is 14.5. The van der Waals surface area contributed by atoms with E-state index in [1.165, 1.54) is 0 Å². The van der Waals surface area contributed by atoms with Gasteiger partial charge in [-0.15, -0.1) is 0 Å². The minimum Gasteiger partial charge on any atom is -0.478 e. The molecule has 0 fully saturated rings. The van der Waals surface area contributed by atoms with Crippen LogP contribution in [0.4, 0.5) is 0 Å². The van der Waals surface area contributed by atoms with Crippen molar-refractivity contribution in [3.05, 3.63) is 69.3 Å². The number of carbonyl (C=O) groups is 1. The average Bonchev–Trinajstić information content (AvgIpc) is 2.94. The molecule has 0 saturated carbocycles. The third kappa shape index (κ3) is 3.62. The van der Waals surface area contributed by atoms with Gasteiger partial charge in [-0.3, -0.25) is 0 Å². The van der Waals surface area contributed by atoms with E-state index in [0.29, 0.717) is 33.4 Å². The van der Waals surface area contributed by atoms with Crippen molar-refractivity contribution in [1.29, 1.82) is 0 Å². The molecule has 1 heterocycles. The van der Waals surface area contributed by atoms with Gasteiger partial charge >= 0.3 is 5.97 Å². The van der Waals surface area contributed by atoms with Gasteiger partial charge in [-0.05, 0) is 49.2 Å². The van der Waals surface area contributed by atoms with Crippen LogP contribution in [0.1, 0.15) is 35.0 Å². The van der Waals surface area contributed by atoms with Gasteiger partial charge < -0.3 is 5.11 Å². The first-order valence-corrected chi connectivity index (χ1v) is 9.05. The highest BCUT2D eigenvalue weighted by Gasteiger charge is 2.25. The third-order valence-corrected chi connectivity index (χ3v) is 4.50. The fourth-order valence-electron chi connectivity index (χ4n) is 3.01. The molecule has 4 nitrogen and oxygen atoms in total. The number of aryl methyl sites for hydroxylation is 1. The normalized spacial score (nSPS) is 10.9. The Hall–Kier alpha value is -2.30. The Balaban J connectivity index is 2.31. The summed E-state index contributed by atoms with van der Waals surface area (Å²) in [4.78, 5) is 12.1. The number of rotatable bonds is 5. The van der Waals surface area contributed by atoms with Crippen LogP contribution in [0.2, 0.25) is 10.0 Å². The Morgan fingerprint density at radius 3 is 2.42 bits per heavy atom. The molecule has 26 heavy (non-hydrogen) atoms. The van der Waals surface area contributed by atoms with Crippen LogP contribution in [0.5, 0.6) is 0 Å². The van der Waals surface area contributed by atoms with Crippen molar-refractivity contribution < 1.29 is 9.90 Å². The van der Waals surface area contributed by atoms with E-state index >= 15 is 0 Å². The molecule has 0 saturated heterocycles. The molecule has 0 unspecified atom stereocenters. The smallest absolute Gasteiger partial charge is 0.339 e. The molecule has 0 bridgehead atoms. The van der Waals surface area contributed by atoms with Crippen LogP contribution >= 0.6 is 23.2 Å². The number of aromatic nitrogens is 2. The quantitative estimate of drug-likeness (QED) is 0.600. The van der Waals surface area contributed by atoms with E-state index in [1.54, 1.807) is 22.9 Å². The molecule has 1 aromatic heterocycles. The van der Waals surface area contributed by atoms with Gasteiger partial charge in [0.2, 0.25) is 0 Å². The number of carboxylic acids is 1. The van der Waals surface area contributed by atoms with Crippen LogP contribution in [0.3, 0.4) is 0 Å². The van der Waals surface area contributed by atoms with Gasteiger partial charge in [0, 0.05) is 15.6 Å². The summed E-state index contributed by atoms with van der Waals surface area (Å²) < 4.78 is 1.71. The summed E-state index contributed by atoms with van der Waals surface area (Å²) in [7, 11) is 0. The number of hydrogen-bond acceptors (Lipinski definition) is 2. The summed E-state index contributed by atoms with van der Waals surface area (Å²) in [5, 5.41) is 15.4. The second-order valence-electron chi connectivity index (χ2n) is 6.13. The lowest BCUT2D eigenvalue weighted by Gasteiger charge is -2.08. The molecule has 2 aromatic carbocycles. The van der Waals surface area contributed by atoms with E-state index in [9.17, 15) is 9.90 Å². The Kier molecular flexibility index (Phi) is 5.35. The lowest BCUT2D eigenvalue weighted by molar-refractivity contribution is 0.0696. The van der Waals surface area contributed by atoms with E-state index in [2.05, 4.69) is 5.10 Å². The second-order valence-corrected chi connectivity index (χ2v) is 7.01. The van der Waals surface area contributed by atoms with Crippen molar-refractivity contribution in [2.75, 3.05) is 0 Å². The van der Waals surface area contributed by atoms with E-state index < -0.39 is 5.97 Å². The summed E-state index contributed by atoms with van der Waals surface area (Å²) >= 11 is 12.2. The van der Waals surface area contributed by atoms with E-state index in [1.807, 2.05) is 38.1 Å². The van der Waals surface area contributed by atoms with Crippen LogP contribution in [-0.4, -0.2) is 20.9 Å². The Labute approximate surface area is 162 Å². The highest BCUT2D eigenvalue weighted by atomic mass is 35.5. The van der Waals surface area contributed by atoms with Crippen molar-refractivity contribution in [2.45, 2.75) is 26.7 Å². The van der Waals surface area contributed by atoms with Gasteiger partial charge in [0.15, 0.2) is 0 Å². The number of aromatic carboxylic acids is 1. The topological polar surface area (TPSA) is 55.1 Å². The SMILES string of the molecule is CCCc1c(C(=O)O)c(-c2cc(Cl)cc(Cl)c2)nn1-c1cccc(C)c1. The molecule has 1 N–H and O–H groups in total. The van der Waals surface area contributed by atoms with Gasteiger partial charge in [-0.25, -0.2) is 9.48 Å². The zero-order valence-corrected chi connectivity index (χ0v) is 16.0. The summed E-state index contributed by atoms with van der Waals surface area (Å²) in [6.45, 7) is 4.00. The number of hydrogen-bond donors (Lipinski definition) is 1. The van der Waals surface area contributed by atoms with Gasteiger partial charge in [-0.2, -0.15) is 5.10 Å². The number of carboxylic acid groups (broad SMARTS) is 1. The molecular weight excluding hydrogens is 371 g/mol. The highest BCUT2D eigenvalue weighted by Crippen LogP contribution is 2.32. The van der Waals surface area contributed by atoms with Gasteiger partial charge in [0.05, 0.1) is 11.4 Å². The fraction of sp³-hybridized carbons (Fsp3) is 0.200. The lowest BCUT2D eigenvalue weighted by atomic mass is 10.0. The lowest BCUT2D eigenvalue weighted by Crippen LogP contribution is -2.06. The first-order chi connectivity index (χ1) is 12.4. The van der Waals surface area contributed by atoms with E-state index in [-0.39, 0.29) is 5.56 Å². The van der Waals surface area contributed by atoms with Crippen LogP contribution in [0.15, 0.2) is 42.5 Å². The monoisotopic (exact) mass is 388 g/mol. The maximum atomic E-state index is 12.1. The first-order valence-electron chi connectivity index (χ1n) is 8.29. The van der Waals surface area contributed by atoms with Crippen LogP contribution in [0.25, 0.3) is 16.9 Å². The number of benzene rings is 2. The summed E-state index contributed by atoms with van der Waals surface area (Å²) in [5.74, 6) is -1.02. The molecular formula is C20H18Cl2N2O2. The second kappa shape index (κ2) is 7.52. The van der Waals surface area contributed by atoms with E-state index in [4.69, 9.17) is 23.2 Å². The molecule has 0 aliphatic heterocycles. The summed E-state index contributed by atoms with van der Waals surface area (Å²) in [6.07, 6.45) is 1.39. The predicted molar refractivity (Wildman–Crippen MR) is 105 cm³/mol. The molecule has 134 valence electrons. The van der Waals surface area contributed by atoms with Gasteiger partial charge in [0.25, 0.3) is 0 Å². The first kappa shape index (κ1) is 18.5. The van der Waals surface area contributed by atoms with Crippen molar-refractivity contribution in [3.63, 3.8) is 0 Å². The van der Waals surface area contributed by atoms with E-state index in [0.717, 1.165) is 17.7 Å². The van der Waals surface area contributed by atoms with Crippen LogP contribution in [-0.2, 0) is 6.42 Å². The minimum absolute atomic E-state index is 0.187. The van der Waals surface area contributed by atoms with Crippen molar-refractivity contribution in [1.82, 2.24) is 9.78 Å². The number of nitrogens with zero attached hydrogens (tertiary/aromatic N) is 2. The Morgan fingerprint density at radius 2 is 1.85 bits per heavy atom. The minimum atomic E-state index is -1.02. The molecule has 0 amide bonds. The average molecular weight is 389 g/mol. The molecule has 0 aliphatic rings. The summed E-state index contributed by atoms with van der Waals surface area (Å²) in [6, 6.07) is 12.8. The molecule has 3 rings (SSSR count). The summed E-state index contributed by atoms with van der Waals surface area (Å²) in [5.41, 5.74) is 3.71. The third-order valence-electron chi connectivity index (χ3n) is 4.06. The Morgan fingerprint density at radius 1 is 1.15 bits per heavy atom. The standard InChI is InChI=1S/C20H18Cl2N2O2/c1-3-5-17-18(20(25)26)19(13-9-14(21)11-15(22)10-13)23-24(17)16-7-4-6-12(2)8-16/h4,6-11H,3,5H2,1-2H3,(H,25,26). The molecule has 0 radical (unpaired) electrons. The molecule has 6 heteroatoms. The predicted octanol–water partition coefficient (Wildman–Crippen LogP) is 5.81. The number of halogens is 2. The molecule has 3 aromatic rings. The van der Waals surface area contributed by atoms with Crippen LogP contribution in [0, 0.1) is 6.92 Å². The molecule has 0 aliphatic carbocycles. The van der Waals surface area contributed by atoms with Crippen LogP contribution < -0.4 is 0 Å². The fourth-order valence-corrected chi connectivity index (χ4v) is 3.54. The highest BCUT2D eigenvalue weighted by molar-refractivity contribution is 6.35. The van der Waals surface area contributed by atoms with Crippen molar-refractivity contribution in [3.8, 4) is 16.9 Å². The van der Waals surface area contributed by atoms with Crippen molar-refractivity contribution >= 4 is 29.2 Å². The maximum Gasteiger partial charge on any atom is 0.339 e. The maximum absolute atomic E-state index is 12.1. The largest absolute Gasteiger partial charge is 0.478 e. The molecule has 0 atom stereocenters. The van der Waals surface area contributed by atoms with Gasteiger partial charge in [0.1, 0.15) is 11.3 Å². The zero-order chi connectivity index (χ0) is 18.8.